The van der Waals surface area contributed by atoms with Gasteiger partial charge in [0.25, 0.3) is 11.6 Å². The molecule has 2 heterocycles. The zero-order valence-electron chi connectivity index (χ0n) is 21.5. The van der Waals surface area contributed by atoms with Crippen LogP contribution in [0.25, 0.3) is 0 Å². The van der Waals surface area contributed by atoms with Gasteiger partial charge in [-0.3, -0.25) is 14.9 Å². The quantitative estimate of drug-likeness (QED) is 0.232. The number of ether oxygens (including phenoxy) is 1. The van der Waals surface area contributed by atoms with Crippen LogP contribution in [-0.4, -0.2) is 39.3 Å². The average Bonchev–Trinajstić information content (AvgIpc) is 2.94. The Labute approximate surface area is 224 Å². The minimum Gasteiger partial charge on any atom is -0.438 e. The SMILES string of the molecule is Cc1ccc(C(=O)N2CCc3nc(N(C)Cc4ccccc4)nc(Oc4ccc(F)cc4)c3C2)cc1[N+](=O)[O-]. The lowest BCUT2D eigenvalue weighted by Gasteiger charge is -2.30. The maximum Gasteiger partial charge on any atom is 0.273 e. The third kappa shape index (κ3) is 5.69. The number of nitro benzene ring substituents is 1. The molecule has 4 aromatic rings. The number of carbonyl (C=O) groups is 1. The van der Waals surface area contributed by atoms with Crippen molar-refractivity contribution in [1.82, 2.24) is 14.9 Å². The second-order valence-corrected chi connectivity index (χ2v) is 9.39. The number of nitrogens with zero attached hydrogens (tertiary/aromatic N) is 5. The number of carbonyl (C=O) groups excluding carboxylic acids is 1. The summed E-state index contributed by atoms with van der Waals surface area (Å²) < 4.78 is 19.6. The van der Waals surface area contributed by atoms with E-state index < -0.39 is 4.92 Å². The first-order valence-electron chi connectivity index (χ1n) is 12.4. The Morgan fingerprint density at radius 3 is 2.56 bits per heavy atom. The number of fused-ring (bicyclic) bond motifs is 1. The largest absolute Gasteiger partial charge is 0.438 e. The van der Waals surface area contributed by atoms with E-state index in [4.69, 9.17) is 9.72 Å². The summed E-state index contributed by atoms with van der Waals surface area (Å²) in [6, 6.07) is 20.0. The van der Waals surface area contributed by atoms with E-state index in [0.717, 1.165) is 11.3 Å². The summed E-state index contributed by atoms with van der Waals surface area (Å²) in [6.07, 6.45) is 0.448. The average molecular weight is 528 g/mol. The Morgan fingerprint density at radius 2 is 1.85 bits per heavy atom. The van der Waals surface area contributed by atoms with Crippen molar-refractivity contribution >= 4 is 17.5 Å². The molecule has 0 spiro atoms. The molecule has 0 saturated heterocycles. The van der Waals surface area contributed by atoms with Gasteiger partial charge in [-0.15, -0.1) is 0 Å². The van der Waals surface area contributed by atoms with Crippen LogP contribution < -0.4 is 9.64 Å². The summed E-state index contributed by atoms with van der Waals surface area (Å²) in [7, 11) is 1.89. The summed E-state index contributed by atoms with van der Waals surface area (Å²) in [4.78, 5) is 37.2. The summed E-state index contributed by atoms with van der Waals surface area (Å²) in [6.45, 7) is 2.75. The number of amides is 1. The molecule has 39 heavy (non-hydrogen) atoms. The van der Waals surface area contributed by atoms with Gasteiger partial charge in [-0.1, -0.05) is 36.4 Å². The number of rotatable bonds is 7. The van der Waals surface area contributed by atoms with Crippen molar-refractivity contribution in [3.63, 3.8) is 0 Å². The molecule has 9 nitrogen and oxygen atoms in total. The molecule has 0 radical (unpaired) electrons. The van der Waals surface area contributed by atoms with Crippen LogP contribution in [0.5, 0.6) is 11.6 Å². The van der Waals surface area contributed by atoms with Crippen molar-refractivity contribution < 1.29 is 18.8 Å². The zero-order valence-corrected chi connectivity index (χ0v) is 21.5. The van der Waals surface area contributed by atoms with Gasteiger partial charge in [-0.05, 0) is 42.8 Å². The number of halogens is 1. The number of aryl methyl sites for hydroxylation is 1. The maximum atomic E-state index is 13.5. The molecule has 10 heteroatoms. The van der Waals surface area contributed by atoms with Crippen molar-refractivity contribution in [1.29, 1.82) is 0 Å². The lowest BCUT2D eigenvalue weighted by molar-refractivity contribution is -0.385. The molecule has 0 aliphatic carbocycles. The molecule has 0 unspecified atom stereocenters. The molecule has 0 saturated carbocycles. The number of nitro groups is 1. The second kappa shape index (κ2) is 10.9. The van der Waals surface area contributed by atoms with E-state index in [0.29, 0.717) is 42.3 Å². The number of hydrogen-bond donors (Lipinski definition) is 0. The highest BCUT2D eigenvalue weighted by molar-refractivity contribution is 5.95. The second-order valence-electron chi connectivity index (χ2n) is 9.39. The van der Waals surface area contributed by atoms with Crippen molar-refractivity contribution in [3.05, 3.63) is 117 Å². The van der Waals surface area contributed by atoms with Gasteiger partial charge in [0.2, 0.25) is 11.8 Å². The smallest absolute Gasteiger partial charge is 0.273 e. The van der Waals surface area contributed by atoms with Crippen LogP contribution in [0.15, 0.2) is 72.8 Å². The summed E-state index contributed by atoms with van der Waals surface area (Å²) >= 11 is 0. The van der Waals surface area contributed by atoms with Crippen LogP contribution in [-0.2, 0) is 19.5 Å². The van der Waals surface area contributed by atoms with Gasteiger partial charge in [0.15, 0.2) is 0 Å². The topological polar surface area (TPSA) is 102 Å². The summed E-state index contributed by atoms with van der Waals surface area (Å²) in [5.41, 5.74) is 3.08. The van der Waals surface area contributed by atoms with Gasteiger partial charge in [-0.2, -0.15) is 4.98 Å². The van der Waals surface area contributed by atoms with Crippen LogP contribution in [0.2, 0.25) is 0 Å². The van der Waals surface area contributed by atoms with Crippen molar-refractivity contribution in [2.75, 3.05) is 18.5 Å². The van der Waals surface area contributed by atoms with Gasteiger partial charge in [0.05, 0.1) is 22.7 Å². The Hall–Kier alpha value is -4.86. The molecule has 3 aromatic carbocycles. The minimum atomic E-state index is -0.492. The predicted molar refractivity (Wildman–Crippen MR) is 143 cm³/mol. The lowest BCUT2D eigenvalue weighted by atomic mass is 10.0. The standard InChI is InChI=1S/C29H26FN5O4/c1-19-8-9-21(16-26(19)35(37)38)28(36)34-15-14-25-24(18-34)27(39-23-12-10-22(30)11-13-23)32-29(31-25)33(2)17-20-6-4-3-5-7-20/h3-13,16H,14-15,17-18H2,1-2H3. The van der Waals surface area contributed by atoms with Gasteiger partial charge < -0.3 is 14.5 Å². The predicted octanol–water partition coefficient (Wildman–Crippen LogP) is 5.46. The number of anilines is 1. The molecule has 0 bridgehead atoms. The lowest BCUT2D eigenvalue weighted by Crippen LogP contribution is -2.37. The van der Waals surface area contributed by atoms with E-state index in [1.54, 1.807) is 24.0 Å². The van der Waals surface area contributed by atoms with Crippen molar-refractivity contribution in [2.45, 2.75) is 26.4 Å². The highest BCUT2D eigenvalue weighted by Gasteiger charge is 2.29. The van der Waals surface area contributed by atoms with E-state index in [2.05, 4.69) is 4.98 Å². The number of benzene rings is 3. The van der Waals surface area contributed by atoms with Crippen LogP contribution in [0.1, 0.15) is 32.7 Å². The Morgan fingerprint density at radius 1 is 1.10 bits per heavy atom. The van der Waals surface area contributed by atoms with E-state index in [1.807, 2.05) is 42.3 Å². The van der Waals surface area contributed by atoms with Crippen LogP contribution in [0.3, 0.4) is 0 Å². The van der Waals surface area contributed by atoms with Crippen LogP contribution in [0.4, 0.5) is 16.0 Å². The fourth-order valence-electron chi connectivity index (χ4n) is 4.46. The molecule has 1 aromatic heterocycles. The molecular formula is C29H26FN5O4. The number of hydrogen-bond acceptors (Lipinski definition) is 7. The highest BCUT2D eigenvalue weighted by Crippen LogP contribution is 2.32. The monoisotopic (exact) mass is 527 g/mol. The van der Waals surface area contributed by atoms with E-state index >= 15 is 0 Å². The minimum absolute atomic E-state index is 0.104. The molecule has 1 aliphatic rings. The normalized spacial score (nSPS) is 12.5. The first-order valence-corrected chi connectivity index (χ1v) is 12.4. The van der Waals surface area contributed by atoms with Crippen molar-refractivity contribution in [3.8, 4) is 11.6 Å². The Bertz CT molecular complexity index is 1530. The fraction of sp³-hybridized carbons (Fsp3) is 0.207. The van der Waals surface area contributed by atoms with Crippen LogP contribution >= 0.6 is 0 Å². The molecule has 0 atom stereocenters. The first kappa shape index (κ1) is 25.8. The Balaban J connectivity index is 1.47. The molecule has 5 rings (SSSR count). The molecule has 1 amide bonds. The van der Waals surface area contributed by atoms with Gasteiger partial charge in [-0.25, -0.2) is 9.37 Å². The highest BCUT2D eigenvalue weighted by atomic mass is 19.1. The van der Waals surface area contributed by atoms with E-state index in [1.165, 1.54) is 30.3 Å². The summed E-state index contributed by atoms with van der Waals surface area (Å²) in [5.74, 6) is 0.408. The Kier molecular flexibility index (Phi) is 7.18. The fourth-order valence-corrected chi connectivity index (χ4v) is 4.46. The maximum absolute atomic E-state index is 13.5. The van der Waals surface area contributed by atoms with Gasteiger partial charge in [0.1, 0.15) is 11.6 Å². The van der Waals surface area contributed by atoms with Gasteiger partial charge >= 0.3 is 0 Å². The zero-order chi connectivity index (χ0) is 27.5. The molecule has 0 fully saturated rings. The molecular weight excluding hydrogens is 501 g/mol. The first-order chi connectivity index (χ1) is 18.8. The third-order valence-electron chi connectivity index (χ3n) is 6.58. The van der Waals surface area contributed by atoms with Crippen molar-refractivity contribution in [2.24, 2.45) is 0 Å². The van der Waals surface area contributed by atoms with Gasteiger partial charge in [0, 0.05) is 43.8 Å². The van der Waals surface area contributed by atoms with E-state index in [9.17, 15) is 19.3 Å². The molecule has 1 aliphatic heterocycles. The molecule has 0 N–H and O–H groups in total. The van der Waals surface area contributed by atoms with Crippen LogP contribution in [0, 0.1) is 22.9 Å². The molecule has 198 valence electrons. The van der Waals surface area contributed by atoms with E-state index in [-0.39, 0.29) is 35.4 Å². The number of aromatic nitrogens is 2. The summed E-state index contributed by atoms with van der Waals surface area (Å²) in [5, 5.41) is 11.4. The third-order valence-corrected chi connectivity index (χ3v) is 6.58.